The first-order chi connectivity index (χ1) is 18.1. The molecule has 1 aromatic heterocycles. The number of benzene rings is 2. The predicted molar refractivity (Wildman–Crippen MR) is 150 cm³/mol. The van der Waals surface area contributed by atoms with E-state index < -0.39 is 0 Å². The molecule has 0 aliphatic carbocycles. The van der Waals surface area contributed by atoms with Crippen LogP contribution in [0.2, 0.25) is 0 Å². The Morgan fingerprint density at radius 1 is 0.892 bits per heavy atom. The Bertz CT molecular complexity index is 1190. The fourth-order valence-corrected chi connectivity index (χ4v) is 6.49. The van der Waals surface area contributed by atoms with Crippen LogP contribution in [-0.4, -0.2) is 65.8 Å². The van der Waals surface area contributed by atoms with Crippen LogP contribution in [0.4, 0.5) is 0 Å². The van der Waals surface area contributed by atoms with Crippen LogP contribution in [0.3, 0.4) is 0 Å². The zero-order valence-electron chi connectivity index (χ0n) is 21.8. The Kier molecular flexibility index (Phi) is 8.37. The Morgan fingerprint density at radius 2 is 1.65 bits per heavy atom. The molecular weight excluding hydrogens is 478 g/mol. The van der Waals surface area contributed by atoms with Gasteiger partial charge in [-0.3, -0.25) is 14.5 Å². The first kappa shape index (κ1) is 25.7. The van der Waals surface area contributed by atoms with E-state index in [0.717, 1.165) is 31.4 Å². The van der Waals surface area contributed by atoms with E-state index in [4.69, 9.17) is 0 Å². The van der Waals surface area contributed by atoms with Crippen molar-refractivity contribution < 1.29 is 9.59 Å². The van der Waals surface area contributed by atoms with Gasteiger partial charge in [0.2, 0.25) is 5.91 Å². The lowest BCUT2D eigenvalue weighted by Gasteiger charge is -2.37. The summed E-state index contributed by atoms with van der Waals surface area (Å²) in [6, 6.07) is 21.0. The number of thiophene rings is 1. The van der Waals surface area contributed by atoms with Crippen molar-refractivity contribution in [2.75, 3.05) is 39.3 Å². The van der Waals surface area contributed by atoms with Gasteiger partial charge in [-0.15, -0.1) is 11.3 Å². The minimum Gasteiger partial charge on any atom is -0.340 e. The summed E-state index contributed by atoms with van der Waals surface area (Å²) in [7, 11) is 0. The monoisotopic (exact) mass is 515 g/mol. The largest absolute Gasteiger partial charge is 0.340 e. The van der Waals surface area contributed by atoms with Gasteiger partial charge in [0.15, 0.2) is 0 Å². The standard InChI is InChI=1S/C31H37N3O2S/c1-2-3-8-24-11-13-26(14-12-24)31(36)33-18-7-17-32(20-21-33)29(35)23-34-19-15-28-27(16-22-37-28)30(34)25-9-5-4-6-10-25/h4-6,9-14,16,22,30H,2-3,7-8,15,17-21,23H2,1H3. The summed E-state index contributed by atoms with van der Waals surface area (Å²) in [5, 5.41) is 2.17. The Morgan fingerprint density at radius 3 is 2.43 bits per heavy atom. The summed E-state index contributed by atoms with van der Waals surface area (Å²) in [5.74, 6) is 0.232. The molecular formula is C31H37N3O2S. The smallest absolute Gasteiger partial charge is 0.253 e. The number of carbonyl (C=O) groups excluding carboxylic acids is 2. The second-order valence-corrected chi connectivity index (χ2v) is 11.2. The zero-order valence-corrected chi connectivity index (χ0v) is 22.6. The first-order valence-corrected chi connectivity index (χ1v) is 14.5. The van der Waals surface area contributed by atoms with Crippen molar-refractivity contribution in [3.8, 4) is 0 Å². The summed E-state index contributed by atoms with van der Waals surface area (Å²) in [6.45, 7) is 6.04. The Balaban J connectivity index is 1.21. The number of aryl methyl sites for hydroxylation is 1. The van der Waals surface area contributed by atoms with Gasteiger partial charge in [0.1, 0.15) is 0 Å². The average molecular weight is 516 g/mol. The molecule has 3 aromatic rings. The average Bonchev–Trinajstić information content (AvgIpc) is 3.27. The van der Waals surface area contributed by atoms with Crippen LogP contribution < -0.4 is 0 Å². The molecule has 6 heteroatoms. The SMILES string of the molecule is CCCCc1ccc(C(=O)N2CCCN(C(=O)CN3CCc4sccc4C3c3ccccc3)CC2)cc1. The molecule has 2 aliphatic heterocycles. The lowest BCUT2D eigenvalue weighted by molar-refractivity contribution is -0.132. The first-order valence-electron chi connectivity index (χ1n) is 13.7. The van der Waals surface area contributed by atoms with E-state index in [1.54, 1.807) is 0 Å². The number of amides is 2. The van der Waals surface area contributed by atoms with E-state index in [2.05, 4.69) is 59.7 Å². The lowest BCUT2D eigenvalue weighted by Crippen LogP contribution is -2.45. The molecule has 1 fully saturated rings. The van der Waals surface area contributed by atoms with Crippen molar-refractivity contribution in [1.29, 1.82) is 0 Å². The lowest BCUT2D eigenvalue weighted by atomic mass is 9.93. The van der Waals surface area contributed by atoms with Gasteiger partial charge in [0, 0.05) is 43.2 Å². The van der Waals surface area contributed by atoms with Crippen molar-refractivity contribution >= 4 is 23.2 Å². The summed E-state index contributed by atoms with van der Waals surface area (Å²) in [5.41, 5.74) is 4.60. The molecule has 0 spiro atoms. The van der Waals surface area contributed by atoms with Crippen LogP contribution in [0.1, 0.15) is 64.2 Å². The second-order valence-electron chi connectivity index (χ2n) is 10.2. The third kappa shape index (κ3) is 5.97. The molecule has 1 atom stereocenters. The highest BCUT2D eigenvalue weighted by Crippen LogP contribution is 2.37. The summed E-state index contributed by atoms with van der Waals surface area (Å²) >= 11 is 1.82. The van der Waals surface area contributed by atoms with E-state index in [9.17, 15) is 9.59 Å². The van der Waals surface area contributed by atoms with Gasteiger partial charge in [0.25, 0.3) is 5.91 Å². The molecule has 194 valence electrons. The van der Waals surface area contributed by atoms with Crippen LogP contribution in [0.15, 0.2) is 66.0 Å². The number of nitrogens with zero attached hydrogens (tertiary/aromatic N) is 3. The molecule has 0 saturated carbocycles. The van der Waals surface area contributed by atoms with Crippen LogP contribution in [0.5, 0.6) is 0 Å². The quantitative estimate of drug-likeness (QED) is 0.422. The Labute approximate surface area is 224 Å². The van der Waals surface area contributed by atoms with Gasteiger partial charge in [-0.05, 0) is 66.0 Å². The van der Waals surface area contributed by atoms with E-state index in [-0.39, 0.29) is 17.9 Å². The number of rotatable bonds is 7. The summed E-state index contributed by atoms with van der Waals surface area (Å²) in [6.07, 6.45) is 5.19. The normalized spacial score (nSPS) is 18.4. The molecule has 2 aromatic carbocycles. The topological polar surface area (TPSA) is 43.9 Å². The fraction of sp³-hybridized carbons (Fsp3) is 0.419. The third-order valence-corrected chi connectivity index (χ3v) is 8.67. The van der Waals surface area contributed by atoms with Gasteiger partial charge in [-0.2, -0.15) is 0 Å². The molecule has 1 unspecified atom stereocenters. The number of carbonyl (C=O) groups is 2. The molecule has 0 N–H and O–H groups in total. The van der Waals surface area contributed by atoms with Gasteiger partial charge in [-0.25, -0.2) is 0 Å². The highest BCUT2D eigenvalue weighted by Gasteiger charge is 2.32. The number of hydrogen-bond acceptors (Lipinski definition) is 4. The molecule has 1 saturated heterocycles. The second kappa shape index (κ2) is 12.1. The van der Waals surface area contributed by atoms with Crippen LogP contribution >= 0.6 is 11.3 Å². The van der Waals surface area contributed by atoms with E-state index in [0.29, 0.717) is 32.7 Å². The van der Waals surface area contributed by atoms with Crippen LogP contribution in [0.25, 0.3) is 0 Å². The van der Waals surface area contributed by atoms with Crippen LogP contribution in [0, 0.1) is 0 Å². The van der Waals surface area contributed by atoms with Gasteiger partial charge in [0.05, 0.1) is 12.6 Å². The summed E-state index contributed by atoms with van der Waals surface area (Å²) < 4.78 is 0. The maximum atomic E-state index is 13.5. The molecule has 5 nitrogen and oxygen atoms in total. The van der Waals surface area contributed by atoms with Crippen molar-refractivity contribution in [2.24, 2.45) is 0 Å². The fourth-order valence-electron chi connectivity index (χ4n) is 5.59. The highest BCUT2D eigenvalue weighted by atomic mass is 32.1. The van der Waals surface area contributed by atoms with E-state index in [1.807, 2.05) is 39.3 Å². The van der Waals surface area contributed by atoms with Crippen molar-refractivity contribution in [1.82, 2.24) is 14.7 Å². The van der Waals surface area contributed by atoms with Gasteiger partial charge >= 0.3 is 0 Å². The van der Waals surface area contributed by atoms with Gasteiger partial charge < -0.3 is 9.80 Å². The zero-order chi connectivity index (χ0) is 25.6. The minimum atomic E-state index is 0.0708. The predicted octanol–water partition coefficient (Wildman–Crippen LogP) is 5.41. The molecule has 5 rings (SSSR count). The maximum absolute atomic E-state index is 13.5. The molecule has 0 bridgehead atoms. The molecule has 3 heterocycles. The van der Waals surface area contributed by atoms with Crippen molar-refractivity contribution in [3.05, 3.63) is 93.2 Å². The van der Waals surface area contributed by atoms with Crippen molar-refractivity contribution in [3.63, 3.8) is 0 Å². The molecule has 2 aliphatic rings. The number of unbranched alkanes of at least 4 members (excludes halogenated alkanes) is 1. The van der Waals surface area contributed by atoms with Crippen molar-refractivity contribution in [2.45, 2.75) is 45.1 Å². The minimum absolute atomic E-state index is 0.0708. The maximum Gasteiger partial charge on any atom is 0.253 e. The van der Waals surface area contributed by atoms with Gasteiger partial charge in [-0.1, -0.05) is 55.8 Å². The summed E-state index contributed by atoms with van der Waals surface area (Å²) in [4.78, 5) is 34.3. The van der Waals surface area contributed by atoms with Crippen LogP contribution in [-0.2, 0) is 17.6 Å². The third-order valence-electron chi connectivity index (χ3n) is 7.68. The number of hydrogen-bond donors (Lipinski definition) is 0. The number of fused-ring (bicyclic) bond motifs is 1. The molecule has 37 heavy (non-hydrogen) atoms. The Hall–Kier alpha value is -2.96. The highest BCUT2D eigenvalue weighted by molar-refractivity contribution is 7.10. The van der Waals surface area contributed by atoms with E-state index in [1.165, 1.54) is 34.4 Å². The molecule has 2 amide bonds. The molecule has 0 radical (unpaired) electrons. The van der Waals surface area contributed by atoms with E-state index >= 15 is 0 Å².